The van der Waals surface area contributed by atoms with E-state index in [1.807, 2.05) is 67.6 Å². The smallest absolute Gasteiger partial charge is 0.412 e. The maximum atomic E-state index is 13.5. The summed E-state index contributed by atoms with van der Waals surface area (Å²) in [6, 6.07) is 24.3. The van der Waals surface area contributed by atoms with Gasteiger partial charge in [0.25, 0.3) is 0 Å². The molecular formula is C24H19FN2O2. The molecule has 1 atom stereocenters. The highest BCUT2D eigenvalue weighted by molar-refractivity contribution is 5.97. The first-order chi connectivity index (χ1) is 14.0. The van der Waals surface area contributed by atoms with Gasteiger partial charge in [0, 0.05) is 10.9 Å². The lowest BCUT2D eigenvalue weighted by molar-refractivity contribution is 0.199. The zero-order valence-corrected chi connectivity index (χ0v) is 15.8. The fraction of sp³-hybridized carbons (Fsp3) is 0.0833. The van der Waals surface area contributed by atoms with Gasteiger partial charge in [-0.2, -0.15) is 0 Å². The molecule has 0 aliphatic heterocycles. The average Bonchev–Trinajstić information content (AvgIpc) is 2.74. The predicted octanol–water partition coefficient (Wildman–Crippen LogP) is 6.29. The third kappa shape index (κ3) is 3.67. The van der Waals surface area contributed by atoms with Crippen LogP contribution in [0, 0.1) is 5.82 Å². The van der Waals surface area contributed by atoms with Crippen LogP contribution in [0.15, 0.2) is 84.9 Å². The van der Waals surface area contributed by atoms with Crippen molar-refractivity contribution in [3.63, 3.8) is 0 Å². The fourth-order valence-corrected chi connectivity index (χ4v) is 3.47. The molecule has 3 aromatic carbocycles. The molecule has 0 aliphatic carbocycles. The van der Waals surface area contributed by atoms with Crippen LogP contribution in [0.5, 0.6) is 0 Å². The van der Waals surface area contributed by atoms with E-state index in [4.69, 9.17) is 4.98 Å². The predicted molar refractivity (Wildman–Crippen MR) is 112 cm³/mol. The lowest BCUT2D eigenvalue weighted by Gasteiger charge is -2.29. The van der Waals surface area contributed by atoms with Gasteiger partial charge in [0.05, 0.1) is 22.9 Å². The number of aromatic nitrogens is 1. The first-order valence-corrected chi connectivity index (χ1v) is 9.27. The standard InChI is InChI=1S/C24H19FN2O2/c1-16(17-7-3-2-4-8-17)27(24(28)29)22-15-19-9-5-6-10-21(19)26-23(22)18-11-13-20(25)14-12-18/h2-16H,1H3,(H,28,29). The van der Waals surface area contributed by atoms with Crippen LogP contribution in [0.25, 0.3) is 22.2 Å². The van der Waals surface area contributed by atoms with E-state index in [2.05, 4.69) is 0 Å². The number of anilines is 1. The highest BCUT2D eigenvalue weighted by Gasteiger charge is 2.26. The molecule has 1 heterocycles. The number of para-hydroxylation sites is 1. The number of halogens is 1. The van der Waals surface area contributed by atoms with E-state index < -0.39 is 12.1 Å². The van der Waals surface area contributed by atoms with Gasteiger partial charge < -0.3 is 5.11 Å². The Morgan fingerprint density at radius 1 is 0.966 bits per heavy atom. The summed E-state index contributed by atoms with van der Waals surface area (Å²) in [7, 11) is 0. The molecule has 144 valence electrons. The molecule has 1 unspecified atom stereocenters. The molecule has 5 heteroatoms. The van der Waals surface area contributed by atoms with Crippen LogP contribution in [0.3, 0.4) is 0 Å². The number of hydrogen-bond donors (Lipinski definition) is 1. The van der Waals surface area contributed by atoms with Crippen LogP contribution < -0.4 is 4.90 Å². The van der Waals surface area contributed by atoms with E-state index in [1.165, 1.54) is 17.0 Å². The molecule has 0 bridgehead atoms. The van der Waals surface area contributed by atoms with Crippen LogP contribution in [0.2, 0.25) is 0 Å². The monoisotopic (exact) mass is 386 g/mol. The van der Waals surface area contributed by atoms with E-state index in [0.717, 1.165) is 16.5 Å². The molecular weight excluding hydrogens is 367 g/mol. The van der Waals surface area contributed by atoms with Gasteiger partial charge in [0.2, 0.25) is 0 Å². The molecule has 0 fully saturated rings. The Morgan fingerprint density at radius 2 is 1.62 bits per heavy atom. The minimum absolute atomic E-state index is 0.358. The number of benzene rings is 3. The lowest BCUT2D eigenvalue weighted by Crippen LogP contribution is -2.32. The summed E-state index contributed by atoms with van der Waals surface area (Å²) < 4.78 is 13.5. The van der Waals surface area contributed by atoms with E-state index in [0.29, 0.717) is 16.9 Å². The van der Waals surface area contributed by atoms with Gasteiger partial charge in [0.1, 0.15) is 5.82 Å². The van der Waals surface area contributed by atoms with Crippen LogP contribution >= 0.6 is 0 Å². The van der Waals surface area contributed by atoms with Crippen LogP contribution in [0.1, 0.15) is 18.5 Å². The SMILES string of the molecule is CC(c1ccccc1)N(C(=O)O)c1cc2ccccc2nc1-c1ccc(F)cc1. The summed E-state index contributed by atoms with van der Waals surface area (Å²) >= 11 is 0. The second kappa shape index (κ2) is 7.72. The van der Waals surface area contributed by atoms with E-state index in [9.17, 15) is 14.3 Å². The van der Waals surface area contributed by atoms with Crippen molar-refractivity contribution in [3.05, 3.63) is 96.3 Å². The highest BCUT2D eigenvalue weighted by atomic mass is 19.1. The molecule has 4 aromatic rings. The third-order valence-corrected chi connectivity index (χ3v) is 4.96. The maximum Gasteiger partial charge on any atom is 0.412 e. The lowest BCUT2D eigenvalue weighted by atomic mass is 10.0. The van der Waals surface area contributed by atoms with Crippen molar-refractivity contribution in [1.29, 1.82) is 0 Å². The maximum absolute atomic E-state index is 13.5. The summed E-state index contributed by atoms with van der Waals surface area (Å²) in [4.78, 5) is 18.4. The number of amides is 1. The van der Waals surface area contributed by atoms with E-state index in [-0.39, 0.29) is 5.82 Å². The Labute approximate surface area is 167 Å². The fourth-order valence-electron chi connectivity index (χ4n) is 3.47. The number of carboxylic acid groups (broad SMARTS) is 1. The summed E-state index contributed by atoms with van der Waals surface area (Å²) in [5, 5.41) is 10.9. The van der Waals surface area contributed by atoms with Crippen molar-refractivity contribution in [2.45, 2.75) is 13.0 Å². The molecule has 1 N–H and O–H groups in total. The number of fused-ring (bicyclic) bond motifs is 1. The topological polar surface area (TPSA) is 53.4 Å². The summed E-state index contributed by atoms with van der Waals surface area (Å²) in [6.45, 7) is 1.84. The zero-order valence-electron chi connectivity index (χ0n) is 15.8. The van der Waals surface area contributed by atoms with Crippen molar-refractivity contribution in [1.82, 2.24) is 4.98 Å². The first kappa shape index (κ1) is 18.6. The molecule has 1 amide bonds. The van der Waals surface area contributed by atoms with E-state index in [1.54, 1.807) is 12.1 Å². The van der Waals surface area contributed by atoms with Gasteiger partial charge in [-0.3, -0.25) is 4.90 Å². The van der Waals surface area contributed by atoms with Crippen molar-refractivity contribution in [2.75, 3.05) is 4.90 Å². The number of rotatable bonds is 4. The number of hydrogen-bond acceptors (Lipinski definition) is 2. The molecule has 0 spiro atoms. The molecule has 0 saturated carbocycles. The third-order valence-electron chi connectivity index (χ3n) is 4.96. The Hall–Kier alpha value is -3.73. The molecule has 4 nitrogen and oxygen atoms in total. The van der Waals surface area contributed by atoms with Gasteiger partial charge in [-0.1, -0.05) is 48.5 Å². The number of pyridine rings is 1. The normalized spacial score (nSPS) is 11.9. The van der Waals surface area contributed by atoms with Crippen molar-refractivity contribution >= 4 is 22.7 Å². The van der Waals surface area contributed by atoms with Crippen molar-refractivity contribution in [2.24, 2.45) is 0 Å². The Kier molecular flexibility index (Phi) is 4.96. The Bertz CT molecular complexity index is 1160. The largest absolute Gasteiger partial charge is 0.465 e. The van der Waals surface area contributed by atoms with Crippen LogP contribution in [0.4, 0.5) is 14.9 Å². The summed E-state index contributed by atoms with van der Waals surface area (Å²) in [5.74, 6) is -0.358. The van der Waals surface area contributed by atoms with Gasteiger partial charge >= 0.3 is 6.09 Å². The molecule has 4 rings (SSSR count). The molecule has 0 saturated heterocycles. The minimum atomic E-state index is -1.08. The van der Waals surface area contributed by atoms with Gasteiger partial charge in [0.15, 0.2) is 0 Å². The molecule has 0 aliphatic rings. The molecule has 0 radical (unpaired) electrons. The second-order valence-electron chi connectivity index (χ2n) is 6.79. The number of carbonyl (C=O) groups is 1. The highest BCUT2D eigenvalue weighted by Crippen LogP contribution is 2.37. The van der Waals surface area contributed by atoms with E-state index >= 15 is 0 Å². The van der Waals surface area contributed by atoms with Crippen molar-refractivity contribution in [3.8, 4) is 11.3 Å². The Morgan fingerprint density at radius 3 is 2.31 bits per heavy atom. The first-order valence-electron chi connectivity index (χ1n) is 9.27. The minimum Gasteiger partial charge on any atom is -0.465 e. The Balaban J connectivity index is 1.95. The van der Waals surface area contributed by atoms with Crippen LogP contribution in [-0.2, 0) is 0 Å². The quantitative estimate of drug-likeness (QED) is 0.449. The van der Waals surface area contributed by atoms with Gasteiger partial charge in [-0.05, 0) is 48.9 Å². The average molecular weight is 386 g/mol. The van der Waals surface area contributed by atoms with Crippen molar-refractivity contribution < 1.29 is 14.3 Å². The zero-order chi connectivity index (χ0) is 20.4. The molecule has 29 heavy (non-hydrogen) atoms. The molecule has 1 aromatic heterocycles. The number of nitrogens with zero attached hydrogens (tertiary/aromatic N) is 2. The summed E-state index contributed by atoms with van der Waals surface area (Å²) in [6.07, 6.45) is -1.08. The summed E-state index contributed by atoms with van der Waals surface area (Å²) in [5.41, 5.74) is 3.22. The second-order valence-corrected chi connectivity index (χ2v) is 6.79. The van der Waals surface area contributed by atoms with Crippen LogP contribution in [-0.4, -0.2) is 16.2 Å². The van der Waals surface area contributed by atoms with Gasteiger partial charge in [-0.25, -0.2) is 14.2 Å². The van der Waals surface area contributed by atoms with Gasteiger partial charge in [-0.15, -0.1) is 0 Å².